The van der Waals surface area contributed by atoms with Gasteiger partial charge in [-0.25, -0.2) is 4.90 Å². The molecule has 2 amide bonds. The summed E-state index contributed by atoms with van der Waals surface area (Å²) in [5, 5.41) is 11.1. The van der Waals surface area contributed by atoms with Crippen molar-refractivity contribution in [2.24, 2.45) is 23.7 Å². The zero-order valence-corrected chi connectivity index (χ0v) is 12.2. The Bertz CT molecular complexity index is 686. The summed E-state index contributed by atoms with van der Waals surface area (Å²) < 4.78 is 0. The van der Waals surface area contributed by atoms with Crippen LogP contribution in [-0.4, -0.2) is 16.7 Å². The van der Waals surface area contributed by atoms with Gasteiger partial charge in [-0.05, 0) is 44.1 Å². The van der Waals surface area contributed by atoms with Crippen LogP contribution in [0.5, 0.6) is 0 Å². The summed E-state index contributed by atoms with van der Waals surface area (Å²) in [5.74, 6) is -0.104. The summed E-state index contributed by atoms with van der Waals surface area (Å²) in [6, 6.07) is 4.56. The van der Waals surface area contributed by atoms with E-state index >= 15 is 0 Å². The highest BCUT2D eigenvalue weighted by atomic mass is 16.6. The molecule has 6 heteroatoms. The largest absolute Gasteiger partial charge is 0.274 e. The highest BCUT2D eigenvalue weighted by Crippen LogP contribution is 2.56. The van der Waals surface area contributed by atoms with Gasteiger partial charge < -0.3 is 0 Å². The molecule has 6 nitrogen and oxygen atoms in total. The Morgan fingerprint density at radius 2 is 1.73 bits per heavy atom. The van der Waals surface area contributed by atoms with Crippen LogP contribution >= 0.6 is 0 Å². The smallest absolute Gasteiger partial charge is 0.274 e. The van der Waals surface area contributed by atoms with Gasteiger partial charge in [0.15, 0.2) is 0 Å². The number of nitrogens with zero attached hydrogens (tertiary/aromatic N) is 2. The lowest BCUT2D eigenvalue weighted by molar-refractivity contribution is -0.385. The number of hydrogen-bond acceptors (Lipinski definition) is 4. The number of imide groups is 1. The molecule has 0 N–H and O–H groups in total. The molecule has 0 radical (unpaired) electrons. The third-order valence-electron chi connectivity index (χ3n) is 5.58. The summed E-state index contributed by atoms with van der Waals surface area (Å²) >= 11 is 0. The first-order chi connectivity index (χ1) is 10.5. The Kier molecular flexibility index (Phi) is 2.67. The highest BCUT2D eigenvalue weighted by molar-refractivity contribution is 6.22. The molecule has 1 saturated heterocycles. The van der Waals surface area contributed by atoms with Crippen molar-refractivity contribution in [1.29, 1.82) is 0 Å². The second-order valence-electron chi connectivity index (χ2n) is 6.62. The van der Waals surface area contributed by atoms with Crippen LogP contribution in [0.3, 0.4) is 0 Å². The van der Waals surface area contributed by atoms with E-state index in [1.54, 1.807) is 19.1 Å². The number of carbonyl (C=O) groups is 2. The average Bonchev–Trinajstić information content (AvgIpc) is 3.14. The molecule has 4 rings (SSSR count). The van der Waals surface area contributed by atoms with Crippen molar-refractivity contribution in [1.82, 2.24) is 0 Å². The van der Waals surface area contributed by atoms with Crippen LogP contribution in [0.1, 0.15) is 24.8 Å². The summed E-state index contributed by atoms with van der Waals surface area (Å²) in [4.78, 5) is 37.2. The van der Waals surface area contributed by atoms with E-state index in [0.29, 0.717) is 23.1 Å². The second kappa shape index (κ2) is 4.38. The predicted octanol–water partition coefficient (Wildman–Crippen LogP) is 2.44. The normalized spacial score (nSPS) is 32.7. The first kappa shape index (κ1) is 13.4. The first-order valence-corrected chi connectivity index (χ1v) is 7.62. The van der Waals surface area contributed by atoms with Crippen LogP contribution in [0.4, 0.5) is 11.4 Å². The van der Waals surface area contributed by atoms with Crippen LogP contribution in [0, 0.1) is 40.7 Å². The maximum atomic E-state index is 12.7. The number of amides is 2. The molecule has 22 heavy (non-hydrogen) atoms. The van der Waals surface area contributed by atoms with Gasteiger partial charge in [0.25, 0.3) is 5.69 Å². The van der Waals surface area contributed by atoms with Crippen molar-refractivity contribution in [3.05, 3.63) is 33.9 Å². The minimum absolute atomic E-state index is 0.0573. The summed E-state index contributed by atoms with van der Waals surface area (Å²) in [5.41, 5.74) is 0.798. The maximum Gasteiger partial charge on any atom is 0.274 e. The van der Waals surface area contributed by atoms with E-state index in [9.17, 15) is 19.7 Å². The van der Waals surface area contributed by atoms with E-state index in [2.05, 4.69) is 0 Å². The number of carbonyl (C=O) groups excluding carboxylic acids is 2. The zero-order valence-electron chi connectivity index (χ0n) is 12.2. The third kappa shape index (κ3) is 1.60. The molecule has 0 aromatic heterocycles. The average molecular weight is 300 g/mol. The summed E-state index contributed by atoms with van der Waals surface area (Å²) in [7, 11) is 0. The second-order valence-corrected chi connectivity index (χ2v) is 6.62. The highest BCUT2D eigenvalue weighted by Gasteiger charge is 2.61. The number of rotatable bonds is 2. The van der Waals surface area contributed by atoms with Gasteiger partial charge in [-0.3, -0.25) is 19.7 Å². The van der Waals surface area contributed by atoms with E-state index in [0.717, 1.165) is 19.3 Å². The van der Waals surface area contributed by atoms with Gasteiger partial charge in [-0.15, -0.1) is 0 Å². The van der Waals surface area contributed by atoms with Crippen LogP contribution in [0.2, 0.25) is 0 Å². The van der Waals surface area contributed by atoms with Crippen molar-refractivity contribution < 1.29 is 14.5 Å². The Morgan fingerprint density at radius 3 is 2.27 bits per heavy atom. The lowest BCUT2D eigenvalue weighted by atomic mass is 9.81. The van der Waals surface area contributed by atoms with Crippen molar-refractivity contribution in [2.75, 3.05) is 4.90 Å². The number of hydrogen-bond donors (Lipinski definition) is 0. The van der Waals surface area contributed by atoms with Crippen molar-refractivity contribution in [3.63, 3.8) is 0 Å². The molecule has 1 aromatic carbocycles. The summed E-state index contributed by atoms with van der Waals surface area (Å²) in [6.45, 7) is 1.64. The van der Waals surface area contributed by atoms with Crippen LogP contribution in [0.25, 0.3) is 0 Å². The molecule has 3 aliphatic rings. The third-order valence-corrected chi connectivity index (χ3v) is 5.58. The number of benzene rings is 1. The lowest BCUT2D eigenvalue weighted by Gasteiger charge is -2.19. The molecule has 2 aliphatic carbocycles. The fraction of sp³-hybridized carbons (Fsp3) is 0.500. The van der Waals surface area contributed by atoms with E-state index < -0.39 is 4.92 Å². The standard InChI is InChI=1S/C16H16N2O4/c1-8-2-5-11(7-12(8)18(21)22)17-15(19)13-9-3-4-10(6-9)14(13)16(17)20/h2,5,7,9-10,13-14H,3-4,6H2,1H3/t9-,10-,13-,14+/m0/s1. The molecule has 1 aliphatic heterocycles. The molecule has 2 saturated carbocycles. The topological polar surface area (TPSA) is 80.5 Å². The molecular weight excluding hydrogens is 284 g/mol. The molecule has 4 atom stereocenters. The van der Waals surface area contributed by atoms with E-state index in [4.69, 9.17) is 0 Å². The number of nitro groups is 1. The molecule has 2 bridgehead atoms. The Labute approximate surface area is 127 Å². The van der Waals surface area contributed by atoms with Gasteiger partial charge in [-0.1, -0.05) is 6.07 Å². The SMILES string of the molecule is Cc1ccc(N2C(=O)[C@@H]3[C@H]4CC[C@@H](C4)[C@@H]3C2=O)cc1[N+](=O)[O-]. The Hall–Kier alpha value is -2.24. The van der Waals surface area contributed by atoms with E-state index in [-0.39, 0.29) is 29.3 Å². The van der Waals surface area contributed by atoms with Crippen LogP contribution in [0.15, 0.2) is 18.2 Å². The minimum atomic E-state index is -0.478. The van der Waals surface area contributed by atoms with Crippen LogP contribution < -0.4 is 4.90 Å². The first-order valence-electron chi connectivity index (χ1n) is 7.62. The van der Waals surface area contributed by atoms with Crippen LogP contribution in [-0.2, 0) is 9.59 Å². The Morgan fingerprint density at radius 1 is 1.14 bits per heavy atom. The van der Waals surface area contributed by atoms with Gasteiger partial charge in [-0.2, -0.15) is 0 Å². The molecule has 1 aromatic rings. The molecule has 0 spiro atoms. The fourth-order valence-corrected chi connectivity index (χ4v) is 4.60. The number of fused-ring (bicyclic) bond motifs is 5. The molecule has 1 heterocycles. The fourth-order valence-electron chi connectivity index (χ4n) is 4.60. The minimum Gasteiger partial charge on any atom is -0.274 e. The lowest BCUT2D eigenvalue weighted by Crippen LogP contribution is -2.32. The summed E-state index contributed by atoms with van der Waals surface area (Å²) in [6.07, 6.45) is 3.02. The van der Waals surface area contributed by atoms with Gasteiger partial charge in [0.05, 0.1) is 22.4 Å². The quantitative estimate of drug-likeness (QED) is 0.477. The number of aryl methyl sites for hydroxylation is 1. The Balaban J connectivity index is 1.75. The van der Waals surface area contributed by atoms with Gasteiger partial charge in [0.1, 0.15) is 0 Å². The number of anilines is 1. The maximum absolute atomic E-state index is 12.7. The monoisotopic (exact) mass is 300 g/mol. The predicted molar refractivity (Wildman–Crippen MR) is 78.1 cm³/mol. The van der Waals surface area contributed by atoms with Crippen molar-refractivity contribution >= 4 is 23.2 Å². The van der Waals surface area contributed by atoms with Gasteiger partial charge in [0.2, 0.25) is 11.8 Å². The number of nitro benzene ring substituents is 1. The van der Waals surface area contributed by atoms with E-state index in [1.807, 2.05) is 0 Å². The zero-order chi connectivity index (χ0) is 15.6. The van der Waals surface area contributed by atoms with Gasteiger partial charge >= 0.3 is 0 Å². The molecule has 3 fully saturated rings. The van der Waals surface area contributed by atoms with Gasteiger partial charge in [0, 0.05) is 11.6 Å². The van der Waals surface area contributed by atoms with Crippen molar-refractivity contribution in [2.45, 2.75) is 26.2 Å². The van der Waals surface area contributed by atoms with Crippen molar-refractivity contribution in [3.8, 4) is 0 Å². The molecular formula is C16H16N2O4. The molecule has 0 unspecified atom stereocenters. The van der Waals surface area contributed by atoms with E-state index in [1.165, 1.54) is 11.0 Å². The molecule has 114 valence electrons.